The number of alkyl halides is 3. The summed E-state index contributed by atoms with van der Waals surface area (Å²) < 4.78 is 68.7. The molecule has 2 aromatic heterocycles. The van der Waals surface area contributed by atoms with Gasteiger partial charge < -0.3 is 14.7 Å². The first-order valence-corrected chi connectivity index (χ1v) is 15.8. The van der Waals surface area contributed by atoms with Gasteiger partial charge in [0.15, 0.2) is 0 Å². The van der Waals surface area contributed by atoms with Crippen LogP contribution < -0.4 is 4.72 Å². The van der Waals surface area contributed by atoms with Crippen LogP contribution in [0, 0.1) is 0 Å². The lowest BCUT2D eigenvalue weighted by atomic mass is 10.1. The third-order valence-electron chi connectivity index (χ3n) is 7.79. The Kier molecular flexibility index (Phi) is 8.28. The van der Waals surface area contributed by atoms with Crippen molar-refractivity contribution in [1.82, 2.24) is 29.2 Å². The number of sulfonamides is 1. The Balaban J connectivity index is 1.22. The molecule has 0 aromatic carbocycles. The molecule has 0 aliphatic carbocycles. The fraction of sp³-hybridized carbons (Fsp3) is 0.640. The summed E-state index contributed by atoms with van der Waals surface area (Å²) in [6.45, 7) is 3.90. The van der Waals surface area contributed by atoms with Crippen molar-refractivity contribution in [3.05, 3.63) is 23.9 Å². The topological polar surface area (TPSA) is 108 Å². The van der Waals surface area contributed by atoms with Gasteiger partial charge in [0.2, 0.25) is 11.8 Å². The highest BCUT2D eigenvalue weighted by Crippen LogP contribution is 2.35. The molecule has 3 aliphatic rings. The number of thiophene rings is 1. The molecule has 10 nitrogen and oxygen atoms in total. The predicted molar refractivity (Wildman–Crippen MR) is 142 cm³/mol. The number of carbonyl (C=O) groups excluding carboxylic acids is 2. The van der Waals surface area contributed by atoms with E-state index < -0.39 is 33.8 Å². The number of piperidine rings is 1. The fourth-order valence-electron chi connectivity index (χ4n) is 5.78. The molecule has 3 saturated heterocycles. The molecule has 2 amide bonds. The van der Waals surface area contributed by atoms with E-state index in [0.717, 1.165) is 49.9 Å². The van der Waals surface area contributed by atoms with Crippen molar-refractivity contribution in [1.29, 1.82) is 0 Å². The van der Waals surface area contributed by atoms with Gasteiger partial charge in [-0.25, -0.2) is 8.42 Å². The summed E-state index contributed by atoms with van der Waals surface area (Å²) in [5, 5.41) is 3.87. The number of amides is 2. The molecule has 40 heavy (non-hydrogen) atoms. The van der Waals surface area contributed by atoms with Crippen LogP contribution in [0.15, 0.2) is 22.4 Å². The molecule has 15 heteroatoms. The minimum Gasteiger partial charge on any atom is -0.337 e. The average molecular weight is 603 g/mol. The zero-order valence-electron chi connectivity index (χ0n) is 22.2. The Hall–Kier alpha value is -2.49. The standard InChI is InChI=1S/C25H33F3N6O4S2/c1-31-21(25(26,27)28)14-19(29-31)20-8-9-23(39-20)40(37,38)30-18-7-5-12-33(24(18)36)16-22(35)34-13-4-6-17(34)15-32-10-2-3-11-32/h8-9,14,17-18,30H,2-7,10-13,15-16H2,1H3/t17-,18-/m0/s1. The second-order valence-corrected chi connectivity index (χ2v) is 13.6. The van der Waals surface area contributed by atoms with Crippen LogP contribution in [0.2, 0.25) is 0 Å². The fourth-order valence-corrected chi connectivity index (χ4v) is 8.28. The molecule has 3 aliphatic heterocycles. The van der Waals surface area contributed by atoms with Gasteiger partial charge in [-0.3, -0.25) is 14.3 Å². The first-order chi connectivity index (χ1) is 18.9. The maximum Gasteiger partial charge on any atom is 0.433 e. The molecular formula is C25H33F3N6O4S2. The monoisotopic (exact) mass is 602 g/mol. The Labute approximate surface area is 235 Å². The number of aryl methyl sites for hydroxylation is 1. The van der Waals surface area contributed by atoms with Crippen LogP contribution in [0.1, 0.15) is 44.2 Å². The number of hydrogen-bond donors (Lipinski definition) is 1. The Morgan fingerprint density at radius 1 is 1.10 bits per heavy atom. The number of nitrogens with one attached hydrogen (secondary N) is 1. The molecular weight excluding hydrogens is 569 g/mol. The molecule has 2 atom stereocenters. The van der Waals surface area contributed by atoms with Crippen LogP contribution in [0.25, 0.3) is 10.6 Å². The molecule has 5 heterocycles. The summed E-state index contributed by atoms with van der Waals surface area (Å²) in [5.41, 5.74) is -0.943. The quantitative estimate of drug-likeness (QED) is 0.498. The molecule has 0 saturated carbocycles. The van der Waals surface area contributed by atoms with Crippen molar-refractivity contribution in [2.24, 2.45) is 7.05 Å². The van der Waals surface area contributed by atoms with Gasteiger partial charge in [0, 0.05) is 32.7 Å². The number of carbonyl (C=O) groups is 2. The minimum atomic E-state index is -4.59. The van der Waals surface area contributed by atoms with E-state index in [1.54, 1.807) is 0 Å². The van der Waals surface area contributed by atoms with Crippen LogP contribution >= 0.6 is 11.3 Å². The minimum absolute atomic E-state index is 0.00431. The van der Waals surface area contributed by atoms with Gasteiger partial charge in [0.05, 0.1) is 11.4 Å². The van der Waals surface area contributed by atoms with Crippen LogP contribution in [0.3, 0.4) is 0 Å². The van der Waals surface area contributed by atoms with Crippen LogP contribution in [0.4, 0.5) is 13.2 Å². The molecule has 5 rings (SSSR count). The van der Waals surface area contributed by atoms with E-state index in [2.05, 4.69) is 14.7 Å². The number of aromatic nitrogens is 2. The zero-order chi connectivity index (χ0) is 28.7. The van der Waals surface area contributed by atoms with E-state index in [1.807, 2.05) is 4.90 Å². The third-order valence-corrected chi connectivity index (χ3v) is 10.9. The van der Waals surface area contributed by atoms with E-state index in [-0.39, 0.29) is 39.7 Å². The van der Waals surface area contributed by atoms with Gasteiger partial charge in [-0.2, -0.15) is 23.0 Å². The summed E-state index contributed by atoms with van der Waals surface area (Å²) in [5.74, 6) is -0.565. The van der Waals surface area contributed by atoms with Crippen LogP contribution in [0.5, 0.6) is 0 Å². The van der Waals surface area contributed by atoms with Gasteiger partial charge in [0.25, 0.3) is 10.0 Å². The van der Waals surface area contributed by atoms with Crippen molar-refractivity contribution < 1.29 is 31.2 Å². The van der Waals surface area contributed by atoms with Crippen molar-refractivity contribution in [2.45, 2.75) is 61.0 Å². The molecule has 3 fully saturated rings. The van der Waals surface area contributed by atoms with E-state index in [4.69, 9.17) is 0 Å². The lowest BCUT2D eigenvalue weighted by Crippen LogP contribution is -2.55. The average Bonchev–Trinajstić information content (AvgIpc) is 3.68. The van der Waals surface area contributed by atoms with Gasteiger partial charge in [-0.15, -0.1) is 11.3 Å². The molecule has 0 spiro atoms. The molecule has 0 bridgehead atoms. The summed E-state index contributed by atoms with van der Waals surface area (Å²) >= 11 is 0.773. The largest absolute Gasteiger partial charge is 0.433 e. The first-order valence-electron chi connectivity index (χ1n) is 13.5. The van der Waals surface area contributed by atoms with Crippen molar-refractivity contribution in [2.75, 3.05) is 39.3 Å². The van der Waals surface area contributed by atoms with E-state index in [9.17, 15) is 31.2 Å². The smallest absolute Gasteiger partial charge is 0.337 e. The van der Waals surface area contributed by atoms with Gasteiger partial charge in [-0.1, -0.05) is 0 Å². The van der Waals surface area contributed by atoms with Gasteiger partial charge in [-0.05, 0) is 69.8 Å². The highest BCUT2D eigenvalue weighted by atomic mass is 32.2. The Morgan fingerprint density at radius 2 is 1.82 bits per heavy atom. The highest BCUT2D eigenvalue weighted by molar-refractivity contribution is 7.91. The predicted octanol–water partition coefficient (Wildman–Crippen LogP) is 2.52. The molecule has 0 radical (unpaired) electrons. The maximum atomic E-state index is 13.2. The van der Waals surface area contributed by atoms with Gasteiger partial charge >= 0.3 is 6.18 Å². The van der Waals surface area contributed by atoms with Crippen molar-refractivity contribution >= 4 is 33.2 Å². The van der Waals surface area contributed by atoms with Crippen LogP contribution in [-0.2, 0) is 32.8 Å². The maximum absolute atomic E-state index is 13.2. The lowest BCUT2D eigenvalue weighted by molar-refractivity contribution is -0.143. The highest BCUT2D eigenvalue weighted by Gasteiger charge is 2.38. The zero-order valence-corrected chi connectivity index (χ0v) is 23.8. The molecule has 0 unspecified atom stereocenters. The third kappa shape index (κ3) is 6.21. The van der Waals surface area contributed by atoms with E-state index >= 15 is 0 Å². The summed E-state index contributed by atoms with van der Waals surface area (Å²) in [6, 6.07) is 2.66. The molecule has 2 aromatic rings. The normalized spacial score (nSPS) is 22.9. The summed E-state index contributed by atoms with van der Waals surface area (Å²) in [4.78, 5) is 32.3. The number of rotatable bonds is 8. The van der Waals surface area contributed by atoms with Gasteiger partial charge in [0.1, 0.15) is 21.6 Å². The number of halogens is 3. The summed E-state index contributed by atoms with van der Waals surface area (Å²) in [7, 11) is -2.97. The second kappa shape index (κ2) is 11.4. The SMILES string of the molecule is Cn1nc(-c2ccc(S(=O)(=O)N[C@H]3CCCN(CC(=O)N4CCC[C@H]4CN4CCCC4)C3=O)s2)cc1C(F)(F)F. The van der Waals surface area contributed by atoms with Crippen LogP contribution in [-0.4, -0.2) is 96.1 Å². The van der Waals surface area contributed by atoms with E-state index in [1.165, 1.54) is 36.9 Å². The Bertz CT molecular complexity index is 1350. The van der Waals surface area contributed by atoms with Crippen molar-refractivity contribution in [3.8, 4) is 10.6 Å². The molecule has 1 N–H and O–H groups in total. The number of nitrogens with zero attached hydrogens (tertiary/aromatic N) is 5. The first kappa shape index (κ1) is 29.0. The number of hydrogen-bond acceptors (Lipinski definition) is 7. The van der Waals surface area contributed by atoms with Crippen molar-refractivity contribution in [3.63, 3.8) is 0 Å². The summed E-state index contributed by atoms with van der Waals surface area (Å²) in [6.07, 6.45) is 0.456. The molecule has 220 valence electrons. The van der Waals surface area contributed by atoms with E-state index in [0.29, 0.717) is 24.2 Å². The second-order valence-electron chi connectivity index (χ2n) is 10.6. The Morgan fingerprint density at radius 3 is 2.52 bits per heavy atom. The lowest BCUT2D eigenvalue weighted by Gasteiger charge is -2.34. The number of likely N-dealkylation sites (tertiary alicyclic amines) is 3.